The molecule has 0 fully saturated rings. The van der Waals surface area contributed by atoms with Crippen molar-refractivity contribution in [3.05, 3.63) is 40.4 Å². The van der Waals surface area contributed by atoms with Gasteiger partial charge in [-0.15, -0.1) is 4.73 Å². The van der Waals surface area contributed by atoms with Crippen LogP contribution in [0.4, 0.5) is 0 Å². The minimum atomic E-state index is -0.111. The van der Waals surface area contributed by atoms with Crippen LogP contribution in [0.25, 0.3) is 10.9 Å². The van der Waals surface area contributed by atoms with Gasteiger partial charge in [-0.2, -0.15) is 0 Å². The quantitative estimate of drug-likeness (QED) is 0.638. The molecule has 0 amide bonds. The zero-order valence-corrected chi connectivity index (χ0v) is 8.30. The van der Waals surface area contributed by atoms with Gasteiger partial charge in [-0.25, -0.2) is 4.98 Å². The lowest BCUT2D eigenvalue weighted by Crippen LogP contribution is -2.25. The molecule has 1 aromatic heterocycles. The summed E-state index contributed by atoms with van der Waals surface area (Å²) in [4.78, 5) is 21.7. The number of rotatable bonds is 0. The van der Waals surface area contributed by atoms with Gasteiger partial charge in [-0.3, -0.25) is 4.79 Å². The Hall–Kier alpha value is -1.84. The Morgan fingerprint density at radius 3 is 3.13 bits per heavy atom. The maximum Gasteiger partial charge on any atom is 0.294 e. The molecule has 2 heterocycles. The Morgan fingerprint density at radius 1 is 1.47 bits per heavy atom. The second-order valence-electron chi connectivity index (χ2n) is 3.78. The first-order valence-electron chi connectivity index (χ1n) is 4.92. The highest BCUT2D eigenvalue weighted by Crippen LogP contribution is 2.18. The minimum Gasteiger partial charge on any atom is -0.408 e. The van der Waals surface area contributed by atoms with Crippen LogP contribution < -0.4 is 10.4 Å². The minimum absolute atomic E-state index is 0.111. The molecule has 0 spiro atoms. The van der Waals surface area contributed by atoms with E-state index in [2.05, 4.69) is 4.98 Å². The Balaban J connectivity index is 2.46. The van der Waals surface area contributed by atoms with E-state index in [0.29, 0.717) is 12.0 Å². The van der Waals surface area contributed by atoms with E-state index in [4.69, 9.17) is 4.84 Å². The van der Waals surface area contributed by atoms with Crippen molar-refractivity contribution in [2.24, 2.45) is 0 Å². The average Bonchev–Trinajstić information content (AvgIpc) is 2.62. The molecule has 4 nitrogen and oxygen atoms in total. The highest BCUT2D eigenvalue weighted by atomic mass is 16.7. The summed E-state index contributed by atoms with van der Waals surface area (Å²) < 4.78 is 1.31. The van der Waals surface area contributed by atoms with Gasteiger partial charge in [0.2, 0.25) is 0 Å². The van der Waals surface area contributed by atoms with Crippen molar-refractivity contribution in [1.82, 2.24) is 9.71 Å². The zero-order valence-electron chi connectivity index (χ0n) is 8.30. The Kier molecular flexibility index (Phi) is 1.59. The molecule has 1 aliphatic rings. The van der Waals surface area contributed by atoms with Crippen molar-refractivity contribution < 1.29 is 4.84 Å². The largest absolute Gasteiger partial charge is 0.408 e. The maximum absolute atomic E-state index is 12.0. The van der Waals surface area contributed by atoms with Gasteiger partial charge in [0.05, 0.1) is 16.8 Å². The summed E-state index contributed by atoms with van der Waals surface area (Å²) >= 11 is 0. The molecule has 76 valence electrons. The lowest BCUT2D eigenvalue weighted by Gasteiger charge is -2.03. The number of aromatic nitrogens is 2. The molecule has 4 heteroatoms. The van der Waals surface area contributed by atoms with Crippen LogP contribution in [0.1, 0.15) is 18.7 Å². The third-order valence-corrected chi connectivity index (χ3v) is 2.66. The van der Waals surface area contributed by atoms with Crippen LogP contribution in [-0.4, -0.2) is 16.3 Å². The number of fused-ring (bicyclic) bond motifs is 2. The number of nitrogens with zero attached hydrogens (tertiary/aromatic N) is 2. The molecule has 0 saturated heterocycles. The van der Waals surface area contributed by atoms with Crippen LogP contribution in [0, 0.1) is 0 Å². The Labute approximate surface area is 86.1 Å². The first kappa shape index (κ1) is 8.47. The van der Waals surface area contributed by atoms with Crippen molar-refractivity contribution in [3.8, 4) is 0 Å². The summed E-state index contributed by atoms with van der Waals surface area (Å²) in [5.74, 6) is 0.904. The lowest BCUT2D eigenvalue weighted by molar-refractivity contribution is 0.137. The summed E-state index contributed by atoms with van der Waals surface area (Å²) in [5.41, 5.74) is 0.631. The second-order valence-corrected chi connectivity index (χ2v) is 3.78. The second kappa shape index (κ2) is 2.82. The lowest BCUT2D eigenvalue weighted by atomic mass is 10.2. The van der Waals surface area contributed by atoms with Gasteiger partial charge in [-0.1, -0.05) is 19.1 Å². The fourth-order valence-corrected chi connectivity index (χ4v) is 1.83. The highest BCUT2D eigenvalue weighted by Gasteiger charge is 2.24. The monoisotopic (exact) mass is 202 g/mol. The van der Waals surface area contributed by atoms with Crippen LogP contribution in [-0.2, 0) is 0 Å². The predicted octanol–water partition coefficient (Wildman–Crippen LogP) is 0.942. The van der Waals surface area contributed by atoms with Gasteiger partial charge < -0.3 is 4.84 Å². The average molecular weight is 202 g/mol. The summed E-state index contributed by atoms with van der Waals surface area (Å²) in [6.45, 7) is 2.53. The first-order chi connectivity index (χ1) is 7.27. The molecular weight excluding hydrogens is 192 g/mol. The summed E-state index contributed by atoms with van der Waals surface area (Å²) in [6, 6.07) is 7.33. The van der Waals surface area contributed by atoms with Crippen molar-refractivity contribution >= 4 is 10.9 Å². The molecule has 3 rings (SSSR count). The smallest absolute Gasteiger partial charge is 0.294 e. The molecular formula is C11H10N2O2. The number of hydrogen-bond donors (Lipinski definition) is 0. The summed E-state index contributed by atoms with van der Waals surface area (Å²) in [5, 5.41) is 0.607. The van der Waals surface area contributed by atoms with Gasteiger partial charge in [0.25, 0.3) is 5.56 Å². The Morgan fingerprint density at radius 2 is 2.27 bits per heavy atom. The Bertz CT molecular complexity index is 589. The molecule has 0 N–H and O–H groups in total. The number of benzene rings is 1. The molecule has 15 heavy (non-hydrogen) atoms. The van der Waals surface area contributed by atoms with Gasteiger partial charge in [0.1, 0.15) is 6.61 Å². The van der Waals surface area contributed by atoms with E-state index >= 15 is 0 Å². The zero-order chi connectivity index (χ0) is 10.4. The summed E-state index contributed by atoms with van der Waals surface area (Å²) in [7, 11) is 0. The first-order valence-corrected chi connectivity index (χ1v) is 4.92. The molecule has 0 bridgehead atoms. The van der Waals surface area contributed by atoms with Crippen molar-refractivity contribution in [2.45, 2.75) is 12.8 Å². The molecule has 0 unspecified atom stereocenters. The van der Waals surface area contributed by atoms with E-state index in [0.717, 1.165) is 11.3 Å². The molecule has 1 aromatic carbocycles. The molecule has 0 saturated carbocycles. The standard InChI is InChI=1S/C11H10N2O2/c1-7-6-15-13-10(7)12-9-5-3-2-4-8(9)11(13)14/h2-5,7H,6H2,1H3/t7-/m1/s1. The normalized spacial score (nSPS) is 18.9. The molecule has 0 aliphatic carbocycles. The maximum atomic E-state index is 12.0. The van der Waals surface area contributed by atoms with Gasteiger partial charge in [-0.05, 0) is 12.1 Å². The summed E-state index contributed by atoms with van der Waals surface area (Å²) in [6.07, 6.45) is 0. The molecule has 1 aliphatic heterocycles. The fraction of sp³-hybridized carbons (Fsp3) is 0.273. The van der Waals surface area contributed by atoms with Crippen molar-refractivity contribution in [3.63, 3.8) is 0 Å². The molecule has 0 radical (unpaired) electrons. The van der Waals surface area contributed by atoms with Crippen LogP contribution in [0.3, 0.4) is 0 Å². The molecule has 1 atom stereocenters. The third kappa shape index (κ3) is 1.08. The van der Waals surface area contributed by atoms with E-state index in [1.54, 1.807) is 6.07 Å². The third-order valence-electron chi connectivity index (χ3n) is 2.66. The van der Waals surface area contributed by atoms with Crippen LogP contribution in [0.5, 0.6) is 0 Å². The molecule has 2 aromatic rings. The number of hydrogen-bond acceptors (Lipinski definition) is 3. The van der Waals surface area contributed by atoms with Crippen molar-refractivity contribution in [1.29, 1.82) is 0 Å². The van der Waals surface area contributed by atoms with E-state index in [9.17, 15) is 4.79 Å². The van der Waals surface area contributed by atoms with Crippen LogP contribution in [0.2, 0.25) is 0 Å². The van der Waals surface area contributed by atoms with E-state index in [-0.39, 0.29) is 11.5 Å². The topological polar surface area (TPSA) is 44.1 Å². The van der Waals surface area contributed by atoms with E-state index in [1.165, 1.54) is 4.73 Å². The van der Waals surface area contributed by atoms with Gasteiger partial charge in [0.15, 0.2) is 5.82 Å². The van der Waals surface area contributed by atoms with Crippen LogP contribution in [0.15, 0.2) is 29.1 Å². The predicted molar refractivity (Wildman–Crippen MR) is 55.9 cm³/mol. The van der Waals surface area contributed by atoms with E-state index in [1.807, 2.05) is 25.1 Å². The van der Waals surface area contributed by atoms with E-state index < -0.39 is 0 Å². The number of para-hydroxylation sites is 1. The van der Waals surface area contributed by atoms with Crippen molar-refractivity contribution in [2.75, 3.05) is 6.61 Å². The fourth-order valence-electron chi connectivity index (χ4n) is 1.83. The van der Waals surface area contributed by atoms with Gasteiger partial charge in [0, 0.05) is 0 Å². The van der Waals surface area contributed by atoms with Crippen LogP contribution >= 0.6 is 0 Å². The van der Waals surface area contributed by atoms with Gasteiger partial charge >= 0.3 is 0 Å². The SMILES string of the molecule is C[C@@H]1COn2c1nc1ccccc1c2=O. The highest BCUT2D eigenvalue weighted by molar-refractivity contribution is 5.77.